The van der Waals surface area contributed by atoms with Crippen molar-refractivity contribution in [3.05, 3.63) is 0 Å². The third-order valence-corrected chi connectivity index (χ3v) is 4.63. The Balaban J connectivity index is 0.000000720. The Morgan fingerprint density at radius 1 is 1.25 bits per heavy atom. The highest BCUT2D eigenvalue weighted by molar-refractivity contribution is 5.85. The van der Waals surface area contributed by atoms with E-state index in [0.29, 0.717) is 5.41 Å². The third-order valence-electron chi connectivity index (χ3n) is 4.63. The first-order valence-corrected chi connectivity index (χ1v) is 4.77. The molecule has 1 nitrogen and oxygen atoms in total. The van der Waals surface area contributed by atoms with Crippen LogP contribution in [0.1, 0.15) is 40.0 Å². The summed E-state index contributed by atoms with van der Waals surface area (Å²) in [6.07, 6.45) is 4.04. The van der Waals surface area contributed by atoms with Gasteiger partial charge in [-0.05, 0) is 36.5 Å². The van der Waals surface area contributed by atoms with Crippen molar-refractivity contribution in [1.29, 1.82) is 0 Å². The Morgan fingerprint density at radius 3 is 2.17 bits per heavy atom. The summed E-state index contributed by atoms with van der Waals surface area (Å²) in [5, 5.41) is 0. The molecule has 3 saturated carbocycles. The predicted octanol–water partition coefficient (Wildman–Crippen LogP) is 2.58. The number of fused-ring (bicyclic) bond motifs is 2. The number of hydrogen-bond donors (Lipinski definition) is 1. The molecule has 0 saturated heterocycles. The number of hydrogen-bond acceptors (Lipinski definition) is 1. The number of halogens is 1. The highest BCUT2D eigenvalue weighted by Gasteiger charge is 2.62. The lowest BCUT2D eigenvalue weighted by Crippen LogP contribution is -2.72. The van der Waals surface area contributed by atoms with Gasteiger partial charge in [-0.25, -0.2) is 0 Å². The van der Waals surface area contributed by atoms with Gasteiger partial charge >= 0.3 is 0 Å². The highest BCUT2D eigenvalue weighted by atomic mass is 35.5. The normalized spacial score (nSPS) is 49.0. The van der Waals surface area contributed by atoms with Crippen LogP contribution in [0.4, 0.5) is 0 Å². The van der Waals surface area contributed by atoms with Crippen molar-refractivity contribution in [3.8, 4) is 0 Å². The van der Waals surface area contributed by atoms with E-state index in [1.54, 1.807) is 0 Å². The molecule has 2 heteroatoms. The Bertz CT molecular complexity index is 190. The molecule has 2 N–H and O–H groups in total. The minimum Gasteiger partial charge on any atom is -0.324 e. The fourth-order valence-electron chi connectivity index (χ4n) is 3.18. The predicted molar refractivity (Wildman–Crippen MR) is 54.5 cm³/mol. The van der Waals surface area contributed by atoms with E-state index >= 15 is 0 Å². The fourth-order valence-corrected chi connectivity index (χ4v) is 3.18. The van der Waals surface area contributed by atoms with Crippen molar-refractivity contribution in [2.75, 3.05) is 0 Å². The molecular weight excluding hydrogens is 170 g/mol. The van der Waals surface area contributed by atoms with Crippen molar-refractivity contribution in [3.63, 3.8) is 0 Å². The van der Waals surface area contributed by atoms with Crippen molar-refractivity contribution in [1.82, 2.24) is 0 Å². The van der Waals surface area contributed by atoms with Crippen LogP contribution in [0, 0.1) is 17.3 Å². The monoisotopic (exact) mass is 189 g/mol. The van der Waals surface area contributed by atoms with Crippen LogP contribution in [0.3, 0.4) is 0 Å². The van der Waals surface area contributed by atoms with Crippen LogP contribution >= 0.6 is 12.4 Å². The molecule has 72 valence electrons. The molecule has 3 rings (SSSR count). The van der Waals surface area contributed by atoms with E-state index in [1.165, 1.54) is 19.3 Å². The zero-order valence-electron chi connectivity index (χ0n) is 8.26. The lowest BCUT2D eigenvalue weighted by atomic mass is 9.41. The van der Waals surface area contributed by atoms with E-state index in [4.69, 9.17) is 5.73 Å². The molecule has 2 bridgehead atoms. The van der Waals surface area contributed by atoms with Crippen molar-refractivity contribution in [2.45, 2.75) is 45.6 Å². The fraction of sp³-hybridized carbons (Fsp3) is 1.00. The van der Waals surface area contributed by atoms with Gasteiger partial charge in [-0.2, -0.15) is 0 Å². The molecule has 3 atom stereocenters. The van der Waals surface area contributed by atoms with Gasteiger partial charge in [0.05, 0.1) is 0 Å². The molecule has 0 amide bonds. The van der Waals surface area contributed by atoms with Gasteiger partial charge in [0.2, 0.25) is 0 Å². The van der Waals surface area contributed by atoms with Crippen LogP contribution in [0.25, 0.3) is 0 Å². The van der Waals surface area contributed by atoms with E-state index < -0.39 is 0 Å². The number of nitrogens with two attached hydrogens (primary N) is 1. The Hall–Kier alpha value is 0.250. The first kappa shape index (κ1) is 10.3. The van der Waals surface area contributed by atoms with E-state index in [2.05, 4.69) is 20.8 Å². The van der Waals surface area contributed by atoms with E-state index in [0.717, 1.165) is 11.8 Å². The minimum atomic E-state index is 0. The van der Waals surface area contributed by atoms with Crippen LogP contribution in [0.15, 0.2) is 0 Å². The summed E-state index contributed by atoms with van der Waals surface area (Å²) >= 11 is 0. The minimum absolute atomic E-state index is 0. The maximum Gasteiger partial charge on any atom is 0.0237 e. The zero-order valence-corrected chi connectivity index (χ0v) is 9.08. The molecule has 0 radical (unpaired) electrons. The average Bonchev–Trinajstić information content (AvgIpc) is 1.94. The quantitative estimate of drug-likeness (QED) is 0.623. The van der Waals surface area contributed by atoms with Gasteiger partial charge < -0.3 is 5.73 Å². The van der Waals surface area contributed by atoms with Gasteiger partial charge in [0.1, 0.15) is 0 Å². The molecule has 12 heavy (non-hydrogen) atoms. The summed E-state index contributed by atoms with van der Waals surface area (Å²) in [5.74, 6) is 1.66. The van der Waals surface area contributed by atoms with Gasteiger partial charge in [0, 0.05) is 5.54 Å². The summed E-state index contributed by atoms with van der Waals surface area (Å²) in [6, 6.07) is 0. The average molecular weight is 190 g/mol. The molecule has 3 aliphatic carbocycles. The van der Waals surface area contributed by atoms with Crippen molar-refractivity contribution >= 4 is 12.4 Å². The van der Waals surface area contributed by atoms with Gasteiger partial charge in [0.25, 0.3) is 0 Å². The van der Waals surface area contributed by atoms with Crippen molar-refractivity contribution < 1.29 is 0 Å². The summed E-state index contributed by atoms with van der Waals surface area (Å²) < 4.78 is 0. The summed E-state index contributed by atoms with van der Waals surface area (Å²) in [4.78, 5) is 0. The van der Waals surface area contributed by atoms with E-state index in [9.17, 15) is 0 Å². The van der Waals surface area contributed by atoms with Crippen LogP contribution in [-0.4, -0.2) is 5.54 Å². The maximum atomic E-state index is 6.37. The molecule has 0 aromatic heterocycles. The molecule has 3 aliphatic rings. The molecule has 3 unspecified atom stereocenters. The molecule has 0 aliphatic heterocycles. The molecule has 0 aromatic carbocycles. The summed E-state index contributed by atoms with van der Waals surface area (Å²) in [7, 11) is 0. The third kappa shape index (κ3) is 0.898. The molecule has 0 heterocycles. The van der Waals surface area contributed by atoms with E-state index in [1.807, 2.05) is 0 Å². The summed E-state index contributed by atoms with van der Waals surface area (Å²) in [6.45, 7) is 7.00. The van der Waals surface area contributed by atoms with Crippen LogP contribution < -0.4 is 5.73 Å². The molecule has 0 aromatic rings. The van der Waals surface area contributed by atoms with Gasteiger partial charge in [-0.1, -0.05) is 20.8 Å². The molecule has 3 fully saturated rings. The second kappa shape index (κ2) is 2.62. The lowest BCUT2D eigenvalue weighted by molar-refractivity contribution is -0.123. The van der Waals surface area contributed by atoms with Crippen LogP contribution in [0.2, 0.25) is 0 Å². The van der Waals surface area contributed by atoms with Crippen LogP contribution in [-0.2, 0) is 0 Å². The smallest absolute Gasteiger partial charge is 0.0237 e. The Kier molecular flexibility index (Phi) is 2.25. The maximum absolute atomic E-state index is 6.37. The van der Waals surface area contributed by atoms with E-state index in [-0.39, 0.29) is 17.9 Å². The first-order valence-electron chi connectivity index (χ1n) is 4.77. The lowest BCUT2D eigenvalue weighted by Gasteiger charge is -2.66. The second-order valence-electron chi connectivity index (χ2n) is 5.14. The standard InChI is InChI=1S/C10H19N.ClH/c1-7-4-5-8-6-10(7,11)9(8,2)3;/h7-8H,4-6,11H2,1-3H3;1H. The zero-order chi connectivity index (χ0) is 8.28. The van der Waals surface area contributed by atoms with Gasteiger partial charge in [-0.3, -0.25) is 0 Å². The topological polar surface area (TPSA) is 26.0 Å². The van der Waals surface area contributed by atoms with Crippen molar-refractivity contribution in [2.24, 2.45) is 23.0 Å². The SMILES string of the molecule is CC1CCC2CC1(N)C2(C)C.Cl. The van der Waals surface area contributed by atoms with Crippen LogP contribution in [0.5, 0.6) is 0 Å². The largest absolute Gasteiger partial charge is 0.324 e. The second-order valence-corrected chi connectivity index (χ2v) is 5.14. The highest BCUT2D eigenvalue weighted by Crippen LogP contribution is 2.62. The Morgan fingerprint density at radius 2 is 1.83 bits per heavy atom. The molecular formula is C10H20ClN. The Labute approximate surface area is 81.5 Å². The van der Waals surface area contributed by atoms with Gasteiger partial charge in [-0.15, -0.1) is 12.4 Å². The number of rotatable bonds is 0. The first-order chi connectivity index (χ1) is 4.98. The summed E-state index contributed by atoms with van der Waals surface area (Å²) in [5.41, 5.74) is 6.96. The van der Waals surface area contributed by atoms with Gasteiger partial charge in [0.15, 0.2) is 0 Å². The molecule has 0 spiro atoms.